The molecule has 0 saturated carbocycles. The number of nitrogens with one attached hydrogen (secondary N) is 1. The van der Waals surface area contributed by atoms with Crippen molar-refractivity contribution in [2.24, 2.45) is 5.10 Å². The fraction of sp³-hybridized carbons (Fsp3) is 0.176. The zero-order chi connectivity index (χ0) is 17.8. The Balaban J connectivity index is 1.65. The van der Waals surface area contributed by atoms with Crippen molar-refractivity contribution >= 4 is 28.1 Å². The molecule has 0 radical (unpaired) electrons. The lowest BCUT2D eigenvalue weighted by atomic mass is 10.2. The van der Waals surface area contributed by atoms with Gasteiger partial charge >= 0.3 is 0 Å². The van der Waals surface area contributed by atoms with Crippen molar-refractivity contribution < 1.29 is 24.1 Å². The van der Waals surface area contributed by atoms with Gasteiger partial charge in [-0.25, -0.2) is 5.43 Å². The van der Waals surface area contributed by atoms with E-state index in [1.54, 1.807) is 30.3 Å². The van der Waals surface area contributed by atoms with E-state index in [2.05, 4.69) is 26.5 Å². The number of para-hydroxylation sites is 2. The molecule has 0 spiro atoms. The predicted octanol–water partition coefficient (Wildman–Crippen LogP) is 2.45. The molecule has 1 heterocycles. The molecule has 25 heavy (non-hydrogen) atoms. The monoisotopic (exact) mass is 406 g/mol. The highest BCUT2D eigenvalue weighted by atomic mass is 79.9. The summed E-state index contributed by atoms with van der Waals surface area (Å²) in [6, 6.07) is 10.4. The topological polar surface area (TPSA) is 89.4 Å². The molecular formula is C17H15BrN2O5. The number of carbonyl (C=O) groups is 1. The van der Waals surface area contributed by atoms with Crippen molar-refractivity contribution in [3.63, 3.8) is 0 Å². The lowest BCUT2D eigenvalue weighted by Gasteiger charge is -2.24. The van der Waals surface area contributed by atoms with E-state index < -0.39 is 12.0 Å². The minimum absolute atomic E-state index is 0.0742. The predicted molar refractivity (Wildman–Crippen MR) is 94.4 cm³/mol. The summed E-state index contributed by atoms with van der Waals surface area (Å²) in [5, 5.41) is 13.9. The fourth-order valence-electron chi connectivity index (χ4n) is 2.23. The Kier molecular flexibility index (Phi) is 5.08. The number of nitrogens with zero attached hydrogens (tertiary/aromatic N) is 1. The van der Waals surface area contributed by atoms with E-state index in [0.717, 1.165) is 0 Å². The second kappa shape index (κ2) is 7.43. The number of hydrazone groups is 1. The summed E-state index contributed by atoms with van der Waals surface area (Å²) in [6.07, 6.45) is 0.510. The molecule has 1 aliphatic heterocycles. The number of aromatic hydroxyl groups is 1. The molecule has 2 aromatic carbocycles. The standard InChI is InChI=1S/C17H15BrN2O5/c1-23-14-7-11(18)6-10(16(14)21)8-19-20-17(22)15-9-24-12-4-2-3-5-13(12)25-15/h2-8,15,21H,9H2,1H3,(H,20,22)/b19-8+. The summed E-state index contributed by atoms with van der Waals surface area (Å²) in [4.78, 5) is 12.1. The van der Waals surface area contributed by atoms with E-state index in [1.165, 1.54) is 13.3 Å². The van der Waals surface area contributed by atoms with Crippen LogP contribution in [0, 0.1) is 0 Å². The number of amides is 1. The van der Waals surface area contributed by atoms with E-state index in [1.807, 2.05) is 6.07 Å². The van der Waals surface area contributed by atoms with Crippen molar-refractivity contribution in [1.29, 1.82) is 0 Å². The average molecular weight is 407 g/mol. The van der Waals surface area contributed by atoms with E-state index in [4.69, 9.17) is 14.2 Å². The minimum Gasteiger partial charge on any atom is -0.504 e. The van der Waals surface area contributed by atoms with Gasteiger partial charge in [0.05, 0.1) is 13.3 Å². The Hall–Kier alpha value is -2.74. The molecule has 0 aromatic heterocycles. The fourth-order valence-corrected chi connectivity index (χ4v) is 2.69. The van der Waals surface area contributed by atoms with E-state index in [0.29, 0.717) is 27.3 Å². The number of phenolic OH excluding ortho intramolecular Hbond substituents is 1. The molecule has 0 saturated heterocycles. The average Bonchev–Trinajstić information content (AvgIpc) is 2.63. The van der Waals surface area contributed by atoms with Crippen LogP contribution in [0.2, 0.25) is 0 Å². The van der Waals surface area contributed by atoms with Crippen LogP contribution in [0.4, 0.5) is 0 Å². The quantitative estimate of drug-likeness (QED) is 0.601. The number of benzene rings is 2. The highest BCUT2D eigenvalue weighted by Gasteiger charge is 2.27. The number of methoxy groups -OCH3 is 1. The van der Waals surface area contributed by atoms with Gasteiger partial charge in [-0.1, -0.05) is 28.1 Å². The number of carbonyl (C=O) groups excluding carboxylic acids is 1. The first-order valence-electron chi connectivity index (χ1n) is 7.36. The highest BCUT2D eigenvalue weighted by molar-refractivity contribution is 9.10. The molecule has 130 valence electrons. The van der Waals surface area contributed by atoms with Gasteiger partial charge in [-0.15, -0.1) is 0 Å². The number of fused-ring (bicyclic) bond motifs is 1. The molecule has 1 unspecified atom stereocenters. The Bertz CT molecular complexity index is 825. The second-order valence-electron chi connectivity index (χ2n) is 5.14. The van der Waals surface area contributed by atoms with Crippen LogP contribution in [0.3, 0.4) is 0 Å². The second-order valence-corrected chi connectivity index (χ2v) is 6.06. The normalized spacial score (nSPS) is 15.8. The molecule has 0 aliphatic carbocycles. The van der Waals surface area contributed by atoms with Crippen LogP contribution in [-0.2, 0) is 4.79 Å². The first-order valence-corrected chi connectivity index (χ1v) is 8.15. The van der Waals surface area contributed by atoms with Crippen molar-refractivity contribution in [3.05, 3.63) is 46.4 Å². The first-order chi connectivity index (χ1) is 12.1. The Morgan fingerprint density at radius 3 is 2.92 bits per heavy atom. The maximum atomic E-state index is 12.1. The zero-order valence-corrected chi connectivity index (χ0v) is 14.8. The summed E-state index contributed by atoms with van der Waals surface area (Å²) in [5.74, 6) is 0.873. The number of rotatable bonds is 4. The molecule has 7 nitrogen and oxygen atoms in total. The third-order valence-electron chi connectivity index (χ3n) is 3.47. The maximum Gasteiger partial charge on any atom is 0.284 e. The molecule has 1 amide bonds. The van der Waals surface area contributed by atoms with Gasteiger partial charge in [0.1, 0.15) is 6.61 Å². The summed E-state index contributed by atoms with van der Waals surface area (Å²) in [6.45, 7) is 0.0916. The van der Waals surface area contributed by atoms with Gasteiger partial charge in [0.2, 0.25) is 6.10 Å². The SMILES string of the molecule is COc1cc(Br)cc(/C=N/NC(=O)C2COc3ccccc3O2)c1O. The number of phenols is 1. The molecule has 1 aliphatic rings. The van der Waals surface area contributed by atoms with Gasteiger partial charge in [-0.2, -0.15) is 5.10 Å². The number of ether oxygens (including phenoxy) is 3. The van der Waals surface area contributed by atoms with Gasteiger partial charge in [0, 0.05) is 10.0 Å². The van der Waals surface area contributed by atoms with Gasteiger partial charge in [-0.05, 0) is 24.3 Å². The molecule has 2 N–H and O–H groups in total. The van der Waals surface area contributed by atoms with E-state index in [-0.39, 0.29) is 12.4 Å². The molecule has 0 bridgehead atoms. The largest absolute Gasteiger partial charge is 0.504 e. The lowest BCUT2D eigenvalue weighted by molar-refractivity contribution is -0.130. The highest BCUT2D eigenvalue weighted by Crippen LogP contribution is 2.33. The lowest BCUT2D eigenvalue weighted by Crippen LogP contribution is -2.42. The zero-order valence-electron chi connectivity index (χ0n) is 13.2. The smallest absolute Gasteiger partial charge is 0.284 e. The number of hydrogen-bond acceptors (Lipinski definition) is 6. The van der Waals surface area contributed by atoms with Crippen molar-refractivity contribution in [1.82, 2.24) is 5.43 Å². The van der Waals surface area contributed by atoms with Crippen LogP contribution in [0.15, 0.2) is 46.0 Å². The molecule has 3 rings (SSSR count). The summed E-state index contributed by atoms with van der Waals surface area (Å²) >= 11 is 3.31. The third-order valence-corrected chi connectivity index (χ3v) is 3.93. The van der Waals surface area contributed by atoms with Gasteiger partial charge in [0.25, 0.3) is 5.91 Å². The first kappa shape index (κ1) is 17.1. The van der Waals surface area contributed by atoms with Crippen LogP contribution in [0.1, 0.15) is 5.56 Å². The van der Waals surface area contributed by atoms with Crippen LogP contribution >= 0.6 is 15.9 Å². The van der Waals surface area contributed by atoms with Crippen molar-refractivity contribution in [2.45, 2.75) is 6.10 Å². The van der Waals surface area contributed by atoms with Crippen LogP contribution in [0.5, 0.6) is 23.0 Å². The molecule has 0 fully saturated rings. The Labute approximate surface area is 152 Å². The van der Waals surface area contributed by atoms with E-state index in [9.17, 15) is 9.90 Å². The van der Waals surface area contributed by atoms with Crippen LogP contribution < -0.4 is 19.6 Å². The van der Waals surface area contributed by atoms with Gasteiger partial charge < -0.3 is 19.3 Å². The van der Waals surface area contributed by atoms with Gasteiger partial charge in [-0.3, -0.25) is 4.79 Å². The summed E-state index contributed by atoms with van der Waals surface area (Å²) in [7, 11) is 1.45. The Morgan fingerprint density at radius 2 is 2.16 bits per heavy atom. The van der Waals surface area contributed by atoms with Crippen molar-refractivity contribution in [2.75, 3.05) is 13.7 Å². The third kappa shape index (κ3) is 3.85. The number of halogens is 1. The molecule has 8 heteroatoms. The maximum absolute atomic E-state index is 12.1. The van der Waals surface area contributed by atoms with Crippen LogP contribution in [0.25, 0.3) is 0 Å². The molecule has 2 aromatic rings. The summed E-state index contributed by atoms with van der Waals surface area (Å²) < 4.78 is 16.8. The Morgan fingerprint density at radius 1 is 1.40 bits per heavy atom. The van der Waals surface area contributed by atoms with Crippen LogP contribution in [-0.4, -0.2) is 37.0 Å². The van der Waals surface area contributed by atoms with Crippen molar-refractivity contribution in [3.8, 4) is 23.0 Å². The van der Waals surface area contributed by atoms with Gasteiger partial charge in [0.15, 0.2) is 23.0 Å². The minimum atomic E-state index is -0.808. The number of hydrogen-bond donors (Lipinski definition) is 2. The van der Waals surface area contributed by atoms with E-state index >= 15 is 0 Å². The molecule has 1 atom stereocenters. The molecular weight excluding hydrogens is 392 g/mol. The summed E-state index contributed by atoms with van der Waals surface area (Å²) in [5.41, 5.74) is 2.76.